The number of aryl methyl sites for hydroxylation is 2. The van der Waals surface area contributed by atoms with Crippen LogP contribution in [0.2, 0.25) is 0 Å². The molecule has 0 aliphatic heterocycles. The molecular weight excluding hydrogens is 264 g/mol. The Balaban J connectivity index is 2.54. The van der Waals surface area contributed by atoms with Crippen LogP contribution in [0, 0.1) is 6.92 Å². The van der Waals surface area contributed by atoms with Crippen LogP contribution in [0.5, 0.6) is 0 Å². The van der Waals surface area contributed by atoms with Crippen LogP contribution in [0.25, 0.3) is 0 Å². The minimum Gasteiger partial charge on any atom is -0.299 e. The molecule has 1 aromatic carbocycles. The second-order valence-corrected chi connectivity index (χ2v) is 5.65. The first-order valence-corrected chi connectivity index (χ1v) is 6.89. The maximum absolute atomic E-state index is 12.2. The SMILES string of the molecule is Cc1ccc2c(c1)C(C)(CCBr)C(=O)CC2. The molecule has 16 heavy (non-hydrogen) atoms. The zero-order valence-corrected chi connectivity index (χ0v) is 11.4. The van der Waals surface area contributed by atoms with Crippen molar-refractivity contribution in [1.82, 2.24) is 0 Å². The van der Waals surface area contributed by atoms with Gasteiger partial charge in [0.05, 0.1) is 5.41 Å². The van der Waals surface area contributed by atoms with Crippen molar-refractivity contribution in [3.8, 4) is 0 Å². The number of fused-ring (bicyclic) bond motifs is 1. The Labute approximate surface area is 105 Å². The van der Waals surface area contributed by atoms with Crippen molar-refractivity contribution in [3.63, 3.8) is 0 Å². The number of rotatable bonds is 2. The highest BCUT2D eigenvalue weighted by molar-refractivity contribution is 9.09. The summed E-state index contributed by atoms with van der Waals surface area (Å²) in [5.74, 6) is 0.394. The second-order valence-electron chi connectivity index (χ2n) is 4.85. The van der Waals surface area contributed by atoms with Crippen LogP contribution in [-0.2, 0) is 16.6 Å². The van der Waals surface area contributed by atoms with Gasteiger partial charge in [0, 0.05) is 11.8 Å². The Morgan fingerprint density at radius 2 is 2.12 bits per heavy atom. The first-order chi connectivity index (χ1) is 7.58. The van der Waals surface area contributed by atoms with E-state index in [4.69, 9.17) is 0 Å². The number of carbonyl (C=O) groups excluding carboxylic acids is 1. The molecule has 0 heterocycles. The monoisotopic (exact) mass is 280 g/mol. The number of ketones is 1. The zero-order valence-electron chi connectivity index (χ0n) is 9.85. The van der Waals surface area contributed by atoms with E-state index in [1.54, 1.807) is 0 Å². The van der Waals surface area contributed by atoms with E-state index in [1.807, 2.05) is 0 Å². The number of benzene rings is 1. The predicted molar refractivity (Wildman–Crippen MR) is 70.3 cm³/mol. The van der Waals surface area contributed by atoms with Crippen molar-refractivity contribution in [2.24, 2.45) is 0 Å². The minimum absolute atomic E-state index is 0.275. The first kappa shape index (κ1) is 11.8. The van der Waals surface area contributed by atoms with E-state index in [0.29, 0.717) is 12.2 Å². The Kier molecular flexibility index (Phi) is 3.20. The number of carbonyl (C=O) groups is 1. The highest BCUT2D eigenvalue weighted by Crippen LogP contribution is 2.38. The van der Waals surface area contributed by atoms with Crippen molar-refractivity contribution >= 4 is 21.7 Å². The van der Waals surface area contributed by atoms with Gasteiger partial charge in [0.1, 0.15) is 5.78 Å². The molecule has 1 aliphatic carbocycles. The normalized spacial score (nSPS) is 24.3. The van der Waals surface area contributed by atoms with Crippen molar-refractivity contribution in [2.45, 2.75) is 38.5 Å². The molecule has 1 aliphatic rings. The maximum atomic E-state index is 12.2. The molecule has 0 saturated carbocycles. The van der Waals surface area contributed by atoms with Crippen molar-refractivity contribution < 1.29 is 4.79 Å². The number of hydrogen-bond acceptors (Lipinski definition) is 1. The molecule has 0 radical (unpaired) electrons. The van der Waals surface area contributed by atoms with E-state index in [9.17, 15) is 4.79 Å². The number of alkyl halides is 1. The number of hydrogen-bond donors (Lipinski definition) is 0. The van der Waals surface area contributed by atoms with Gasteiger partial charge in [0.25, 0.3) is 0 Å². The molecule has 86 valence electrons. The van der Waals surface area contributed by atoms with Crippen LogP contribution in [-0.4, -0.2) is 11.1 Å². The summed E-state index contributed by atoms with van der Waals surface area (Å²) in [6.45, 7) is 4.18. The van der Waals surface area contributed by atoms with Gasteiger partial charge in [-0.1, -0.05) is 39.7 Å². The molecule has 1 aromatic rings. The topological polar surface area (TPSA) is 17.1 Å². The molecule has 0 amide bonds. The van der Waals surface area contributed by atoms with Crippen molar-refractivity contribution in [3.05, 3.63) is 34.9 Å². The number of Topliss-reactive ketones (excluding diaryl/α,β-unsaturated/α-hetero) is 1. The number of halogens is 1. The Morgan fingerprint density at radius 1 is 1.38 bits per heavy atom. The Morgan fingerprint density at radius 3 is 2.81 bits per heavy atom. The molecule has 0 bridgehead atoms. The Hall–Kier alpha value is -0.630. The summed E-state index contributed by atoms with van der Waals surface area (Å²) in [7, 11) is 0. The average molecular weight is 281 g/mol. The third-order valence-electron chi connectivity index (χ3n) is 3.69. The van der Waals surface area contributed by atoms with E-state index < -0.39 is 0 Å². The fourth-order valence-corrected chi connectivity index (χ4v) is 3.35. The third kappa shape index (κ3) is 1.84. The van der Waals surface area contributed by atoms with Gasteiger partial charge in [-0.3, -0.25) is 4.79 Å². The van der Waals surface area contributed by atoms with Crippen LogP contribution >= 0.6 is 15.9 Å². The summed E-state index contributed by atoms with van der Waals surface area (Å²) in [6, 6.07) is 6.52. The smallest absolute Gasteiger partial charge is 0.143 e. The highest BCUT2D eigenvalue weighted by atomic mass is 79.9. The van der Waals surface area contributed by atoms with Gasteiger partial charge < -0.3 is 0 Å². The molecule has 2 heteroatoms. The summed E-state index contributed by atoms with van der Waals surface area (Å²) in [4.78, 5) is 12.2. The molecule has 1 unspecified atom stereocenters. The lowest BCUT2D eigenvalue weighted by Gasteiger charge is -2.34. The lowest BCUT2D eigenvalue weighted by atomic mass is 9.68. The van der Waals surface area contributed by atoms with Gasteiger partial charge in [-0.15, -0.1) is 0 Å². The van der Waals surface area contributed by atoms with Gasteiger partial charge in [0.2, 0.25) is 0 Å². The second kappa shape index (κ2) is 4.33. The fourth-order valence-electron chi connectivity index (χ4n) is 2.56. The van der Waals surface area contributed by atoms with Crippen LogP contribution in [0.1, 0.15) is 36.5 Å². The molecule has 0 aromatic heterocycles. The summed E-state index contributed by atoms with van der Waals surface area (Å²) in [5, 5.41) is 0.878. The molecule has 0 fully saturated rings. The molecule has 1 atom stereocenters. The van der Waals surface area contributed by atoms with Gasteiger partial charge in [-0.2, -0.15) is 0 Å². The summed E-state index contributed by atoms with van der Waals surface area (Å²) < 4.78 is 0. The van der Waals surface area contributed by atoms with Crippen LogP contribution < -0.4 is 0 Å². The third-order valence-corrected chi connectivity index (χ3v) is 4.09. The quantitative estimate of drug-likeness (QED) is 0.758. The van der Waals surface area contributed by atoms with E-state index in [-0.39, 0.29) is 5.41 Å². The van der Waals surface area contributed by atoms with Crippen LogP contribution in [0.3, 0.4) is 0 Å². The van der Waals surface area contributed by atoms with Crippen LogP contribution in [0.4, 0.5) is 0 Å². The highest BCUT2D eigenvalue weighted by Gasteiger charge is 2.38. The molecule has 1 nitrogen and oxygen atoms in total. The van der Waals surface area contributed by atoms with Crippen LogP contribution in [0.15, 0.2) is 18.2 Å². The van der Waals surface area contributed by atoms with Gasteiger partial charge >= 0.3 is 0 Å². The van der Waals surface area contributed by atoms with Crippen molar-refractivity contribution in [2.75, 3.05) is 5.33 Å². The summed E-state index contributed by atoms with van der Waals surface area (Å²) in [6.07, 6.45) is 2.49. The van der Waals surface area contributed by atoms with Crippen molar-refractivity contribution in [1.29, 1.82) is 0 Å². The average Bonchev–Trinajstić information content (AvgIpc) is 2.25. The van der Waals surface area contributed by atoms with E-state index in [1.165, 1.54) is 16.7 Å². The Bertz CT molecular complexity index is 425. The van der Waals surface area contributed by atoms with Gasteiger partial charge in [-0.05, 0) is 37.8 Å². The maximum Gasteiger partial charge on any atom is 0.143 e. The van der Waals surface area contributed by atoms with E-state index >= 15 is 0 Å². The molecule has 0 spiro atoms. The first-order valence-electron chi connectivity index (χ1n) is 5.77. The van der Waals surface area contributed by atoms with E-state index in [0.717, 1.165) is 18.2 Å². The molecule has 0 saturated heterocycles. The summed E-state index contributed by atoms with van der Waals surface area (Å²) in [5.41, 5.74) is 3.58. The standard InChI is InChI=1S/C14H17BrO/c1-10-3-4-11-5-6-13(16)14(2,7-8-15)12(11)9-10/h3-4,9H,5-8H2,1-2H3. The molecule has 0 N–H and O–H groups in total. The zero-order chi connectivity index (χ0) is 11.8. The fraction of sp³-hybridized carbons (Fsp3) is 0.500. The lowest BCUT2D eigenvalue weighted by Crippen LogP contribution is -2.37. The predicted octanol–water partition coefficient (Wildman–Crippen LogP) is 3.55. The molecule has 2 rings (SSSR count). The minimum atomic E-state index is -0.275. The largest absolute Gasteiger partial charge is 0.299 e. The summed E-state index contributed by atoms with van der Waals surface area (Å²) >= 11 is 3.47. The van der Waals surface area contributed by atoms with Gasteiger partial charge in [-0.25, -0.2) is 0 Å². The van der Waals surface area contributed by atoms with Gasteiger partial charge in [0.15, 0.2) is 0 Å². The molecular formula is C14H17BrO. The van der Waals surface area contributed by atoms with E-state index in [2.05, 4.69) is 48.0 Å². The lowest BCUT2D eigenvalue weighted by molar-refractivity contribution is -0.124.